The van der Waals surface area contributed by atoms with Gasteiger partial charge in [0, 0.05) is 31.2 Å². The Hall–Kier alpha value is -1.62. The van der Waals surface area contributed by atoms with Crippen molar-refractivity contribution >= 4 is 5.91 Å². The van der Waals surface area contributed by atoms with Gasteiger partial charge in [0.1, 0.15) is 11.6 Å². The van der Waals surface area contributed by atoms with Gasteiger partial charge in [-0.3, -0.25) is 4.79 Å². The number of rotatable bonds is 1. The molecular formula is C14H17FN2O2. The van der Waals surface area contributed by atoms with Gasteiger partial charge in [0.25, 0.3) is 5.91 Å². The van der Waals surface area contributed by atoms with E-state index in [1.807, 2.05) is 0 Å². The van der Waals surface area contributed by atoms with Crippen molar-refractivity contribution in [2.45, 2.75) is 31.3 Å². The molecule has 2 aliphatic heterocycles. The Labute approximate surface area is 111 Å². The van der Waals surface area contributed by atoms with Crippen molar-refractivity contribution in [2.75, 3.05) is 13.1 Å². The minimum absolute atomic E-state index is 0.180. The van der Waals surface area contributed by atoms with Gasteiger partial charge in [0.05, 0.1) is 5.56 Å². The van der Waals surface area contributed by atoms with Crippen LogP contribution in [0.5, 0.6) is 5.75 Å². The molecule has 0 radical (unpaired) electrons. The normalized spacial score (nSPS) is 26.3. The van der Waals surface area contributed by atoms with Crippen LogP contribution in [0.15, 0.2) is 18.2 Å². The molecule has 2 heterocycles. The van der Waals surface area contributed by atoms with Crippen molar-refractivity contribution in [3.8, 4) is 5.75 Å². The van der Waals surface area contributed by atoms with Gasteiger partial charge < -0.3 is 15.3 Å². The van der Waals surface area contributed by atoms with E-state index in [1.165, 1.54) is 18.6 Å². The maximum Gasteiger partial charge on any atom is 0.257 e. The smallest absolute Gasteiger partial charge is 0.257 e. The molecule has 19 heavy (non-hydrogen) atoms. The fourth-order valence-electron chi connectivity index (χ4n) is 2.98. The highest BCUT2D eigenvalue weighted by Crippen LogP contribution is 2.24. The first kappa shape index (κ1) is 12.4. The van der Waals surface area contributed by atoms with Crippen molar-refractivity contribution in [3.05, 3.63) is 29.6 Å². The van der Waals surface area contributed by atoms with E-state index >= 15 is 0 Å². The third-order valence-electron chi connectivity index (χ3n) is 4.00. The van der Waals surface area contributed by atoms with E-state index in [0.717, 1.165) is 18.9 Å². The molecule has 5 heteroatoms. The highest BCUT2D eigenvalue weighted by atomic mass is 19.1. The minimum Gasteiger partial charge on any atom is -0.507 e. The van der Waals surface area contributed by atoms with Crippen molar-refractivity contribution in [2.24, 2.45) is 0 Å². The average Bonchev–Trinajstić information content (AvgIpc) is 2.68. The zero-order chi connectivity index (χ0) is 13.4. The topological polar surface area (TPSA) is 52.6 Å². The van der Waals surface area contributed by atoms with Gasteiger partial charge in [-0.1, -0.05) is 0 Å². The summed E-state index contributed by atoms with van der Waals surface area (Å²) in [5, 5.41) is 13.2. The molecule has 102 valence electrons. The van der Waals surface area contributed by atoms with Gasteiger partial charge in [-0.25, -0.2) is 4.39 Å². The SMILES string of the molecule is O=C(c1ccc(F)cc1O)N1CCC2CCC(C1)N2. The quantitative estimate of drug-likeness (QED) is 0.808. The lowest BCUT2D eigenvalue weighted by Gasteiger charge is -2.24. The second-order valence-corrected chi connectivity index (χ2v) is 5.34. The summed E-state index contributed by atoms with van der Waals surface area (Å²) in [6.07, 6.45) is 3.20. The lowest BCUT2D eigenvalue weighted by Crippen LogP contribution is -2.39. The van der Waals surface area contributed by atoms with Crippen molar-refractivity contribution in [1.82, 2.24) is 10.2 Å². The molecule has 4 nitrogen and oxygen atoms in total. The van der Waals surface area contributed by atoms with E-state index in [-0.39, 0.29) is 17.2 Å². The predicted molar refractivity (Wildman–Crippen MR) is 68.5 cm³/mol. The first-order valence-corrected chi connectivity index (χ1v) is 6.67. The molecule has 2 aliphatic rings. The fraction of sp³-hybridized carbons (Fsp3) is 0.500. The Bertz CT molecular complexity index is 506. The maximum absolute atomic E-state index is 12.9. The summed E-state index contributed by atoms with van der Waals surface area (Å²) in [6.45, 7) is 1.34. The monoisotopic (exact) mass is 264 g/mol. The Morgan fingerprint density at radius 1 is 1.32 bits per heavy atom. The van der Waals surface area contributed by atoms with Crippen LogP contribution in [-0.2, 0) is 0 Å². The number of hydrogen-bond acceptors (Lipinski definition) is 3. The number of nitrogens with one attached hydrogen (secondary N) is 1. The second kappa shape index (κ2) is 4.81. The molecule has 2 N–H and O–H groups in total. The molecule has 3 rings (SSSR count). The van der Waals surface area contributed by atoms with E-state index in [0.29, 0.717) is 25.2 Å². The highest BCUT2D eigenvalue weighted by Gasteiger charge is 2.32. The van der Waals surface area contributed by atoms with Crippen molar-refractivity contribution in [3.63, 3.8) is 0 Å². The number of likely N-dealkylation sites (tertiary alicyclic amines) is 1. The van der Waals surface area contributed by atoms with Gasteiger partial charge >= 0.3 is 0 Å². The van der Waals surface area contributed by atoms with Crippen LogP contribution in [-0.4, -0.2) is 41.1 Å². The number of carbonyl (C=O) groups excluding carboxylic acids is 1. The van der Waals surface area contributed by atoms with Crippen LogP contribution in [0.4, 0.5) is 4.39 Å². The predicted octanol–water partition coefficient (Wildman–Crippen LogP) is 1.50. The Morgan fingerprint density at radius 3 is 2.89 bits per heavy atom. The molecular weight excluding hydrogens is 247 g/mol. The first-order chi connectivity index (χ1) is 9.13. The summed E-state index contributed by atoms with van der Waals surface area (Å²) >= 11 is 0. The van der Waals surface area contributed by atoms with Crippen LogP contribution in [0.1, 0.15) is 29.6 Å². The zero-order valence-corrected chi connectivity index (χ0v) is 10.6. The molecule has 1 aromatic carbocycles. The van der Waals surface area contributed by atoms with E-state index in [1.54, 1.807) is 4.90 Å². The fourth-order valence-corrected chi connectivity index (χ4v) is 2.98. The molecule has 1 aromatic rings. The second-order valence-electron chi connectivity index (χ2n) is 5.34. The first-order valence-electron chi connectivity index (χ1n) is 6.67. The third-order valence-corrected chi connectivity index (χ3v) is 4.00. The number of aromatic hydroxyl groups is 1. The van der Waals surface area contributed by atoms with Crippen molar-refractivity contribution < 1.29 is 14.3 Å². The van der Waals surface area contributed by atoms with Gasteiger partial charge in [-0.15, -0.1) is 0 Å². The van der Waals surface area contributed by atoms with Crippen LogP contribution in [0.25, 0.3) is 0 Å². The van der Waals surface area contributed by atoms with E-state index < -0.39 is 5.82 Å². The lowest BCUT2D eigenvalue weighted by molar-refractivity contribution is 0.0745. The number of phenolic OH excluding ortho intramolecular Hbond substituents is 1. The summed E-state index contributed by atoms with van der Waals surface area (Å²) in [5.41, 5.74) is 0.180. The average molecular weight is 264 g/mol. The third kappa shape index (κ3) is 2.42. The number of halogens is 1. The van der Waals surface area contributed by atoms with Gasteiger partial charge in [0.2, 0.25) is 0 Å². The lowest BCUT2D eigenvalue weighted by atomic mass is 10.1. The van der Waals surface area contributed by atoms with Crippen LogP contribution in [0, 0.1) is 5.82 Å². The number of carbonyl (C=O) groups is 1. The summed E-state index contributed by atoms with van der Waals surface area (Å²) in [4.78, 5) is 14.1. The molecule has 2 saturated heterocycles. The van der Waals surface area contributed by atoms with Gasteiger partial charge in [-0.2, -0.15) is 0 Å². The zero-order valence-electron chi connectivity index (χ0n) is 10.6. The highest BCUT2D eigenvalue weighted by molar-refractivity contribution is 5.96. The molecule has 2 atom stereocenters. The molecule has 0 spiro atoms. The molecule has 0 saturated carbocycles. The molecule has 2 bridgehead atoms. The van der Waals surface area contributed by atoms with Gasteiger partial charge in [-0.05, 0) is 31.4 Å². The van der Waals surface area contributed by atoms with Gasteiger partial charge in [0.15, 0.2) is 0 Å². The van der Waals surface area contributed by atoms with Crippen LogP contribution in [0.2, 0.25) is 0 Å². The number of nitrogens with zero attached hydrogens (tertiary/aromatic N) is 1. The molecule has 2 unspecified atom stereocenters. The standard InChI is InChI=1S/C14H17FN2O2/c15-9-1-4-12(13(18)7-9)14(19)17-6-5-10-2-3-11(8-17)16-10/h1,4,7,10-11,16,18H,2-3,5-6,8H2. The Balaban J connectivity index is 1.79. The Morgan fingerprint density at radius 2 is 2.11 bits per heavy atom. The number of benzene rings is 1. The van der Waals surface area contributed by atoms with E-state index in [2.05, 4.69) is 5.32 Å². The summed E-state index contributed by atoms with van der Waals surface area (Å²) < 4.78 is 12.9. The minimum atomic E-state index is -0.536. The summed E-state index contributed by atoms with van der Waals surface area (Å²) in [7, 11) is 0. The number of fused-ring (bicyclic) bond motifs is 2. The van der Waals surface area contributed by atoms with Crippen LogP contribution in [0.3, 0.4) is 0 Å². The van der Waals surface area contributed by atoms with Crippen LogP contribution < -0.4 is 5.32 Å². The summed E-state index contributed by atoms with van der Waals surface area (Å²) in [6, 6.07) is 4.39. The molecule has 2 fully saturated rings. The van der Waals surface area contributed by atoms with E-state index in [4.69, 9.17) is 0 Å². The summed E-state index contributed by atoms with van der Waals surface area (Å²) in [5.74, 6) is -1.04. The molecule has 0 aliphatic carbocycles. The largest absolute Gasteiger partial charge is 0.507 e. The number of amides is 1. The molecule has 0 aromatic heterocycles. The Kier molecular flexibility index (Phi) is 3.14. The molecule has 1 amide bonds. The van der Waals surface area contributed by atoms with Crippen molar-refractivity contribution in [1.29, 1.82) is 0 Å². The van der Waals surface area contributed by atoms with E-state index in [9.17, 15) is 14.3 Å². The maximum atomic E-state index is 12.9. The number of hydrogen-bond donors (Lipinski definition) is 2. The number of phenols is 1. The van der Waals surface area contributed by atoms with Crippen LogP contribution >= 0.6 is 0 Å².